The molecule has 8 N–H and O–H groups in total. The molecular weight excluding hydrogens is 476 g/mol. The van der Waals surface area contributed by atoms with Crippen LogP contribution in [0.5, 0.6) is 0 Å². The van der Waals surface area contributed by atoms with E-state index in [1.54, 1.807) is 0 Å². The van der Waals surface area contributed by atoms with Crippen LogP contribution in [0.25, 0.3) is 0 Å². The highest BCUT2D eigenvalue weighted by molar-refractivity contribution is 7.80. The molecule has 0 unspecified atom stereocenters. The monoisotopic (exact) mass is 504 g/mol. The fourth-order valence-corrected chi connectivity index (χ4v) is 3.65. The molecule has 17 heteroatoms. The van der Waals surface area contributed by atoms with Crippen molar-refractivity contribution in [2.75, 3.05) is 13.2 Å². The van der Waals surface area contributed by atoms with Crippen LogP contribution in [-0.2, 0) is 38.4 Å². The summed E-state index contributed by atoms with van der Waals surface area (Å²) in [4.78, 5) is 34.2. The van der Waals surface area contributed by atoms with Gasteiger partial charge in [-0.15, -0.1) is 0 Å². The summed E-state index contributed by atoms with van der Waals surface area (Å²) in [7, 11) is -5.15. The molecule has 16 nitrogen and oxygen atoms in total. The lowest BCUT2D eigenvalue weighted by molar-refractivity contribution is -0.296. The number of hydrogen-bond acceptors (Lipinski definition) is 13. The topological polar surface area (TPSA) is 258 Å². The van der Waals surface area contributed by atoms with Crippen LogP contribution in [-0.4, -0.2) is 125 Å². The van der Waals surface area contributed by atoms with Crippen LogP contribution in [0.3, 0.4) is 0 Å². The van der Waals surface area contributed by atoms with Gasteiger partial charge in [-0.25, -0.2) is 4.18 Å². The summed E-state index contributed by atoms with van der Waals surface area (Å²) in [5.41, 5.74) is 0. The van der Waals surface area contributed by atoms with Gasteiger partial charge in [-0.3, -0.25) is 14.1 Å². The molecule has 2 amide bonds. The Hall–Kier alpha value is -1.80. The highest BCUT2D eigenvalue weighted by Crippen LogP contribution is 2.27. The maximum Gasteiger partial charge on any atom is 0.397 e. The minimum atomic E-state index is -5.15. The van der Waals surface area contributed by atoms with E-state index < -0.39 is 90.4 Å². The summed E-state index contributed by atoms with van der Waals surface area (Å²) in [5.74, 6) is -1.51. The Bertz CT molecular complexity index is 779. The van der Waals surface area contributed by atoms with Crippen molar-refractivity contribution in [2.24, 2.45) is 0 Å². The second kappa shape index (κ2) is 12.6. The number of nitrogens with one attached hydrogen (secondary N) is 2. The molecule has 1 aliphatic heterocycles. The van der Waals surface area contributed by atoms with Crippen molar-refractivity contribution in [3.63, 3.8) is 0 Å². The van der Waals surface area contributed by atoms with Crippen molar-refractivity contribution in [1.29, 1.82) is 0 Å². The molecule has 0 aromatic rings. The van der Waals surface area contributed by atoms with Gasteiger partial charge in [0.25, 0.3) is 0 Å². The van der Waals surface area contributed by atoms with E-state index in [0.29, 0.717) is 0 Å². The molecule has 192 valence electrons. The fraction of sp³-hybridized carbons (Fsp3) is 0.812. The standard InChI is InChI=1S/C16H28N2O14S/c1-6(22)17-8(3-19)12(25)14(9(24)4-20)31-16-11(18-7(2)23)13(26)15(10(5-21)30-16)32-33(27,28)29/h3,8-16,20-21,24-26H,4-5H2,1-2H3,(H,17,22)(H,18,23)(H,27,28,29)/t8-,9-,10-,11+,12-,13-,14-,15+,16+/m1/s1. The zero-order valence-electron chi connectivity index (χ0n) is 17.5. The lowest BCUT2D eigenvalue weighted by Gasteiger charge is -2.45. The number of carbonyl (C=O) groups is 3. The number of carbonyl (C=O) groups excluding carboxylic acids is 3. The lowest BCUT2D eigenvalue weighted by Crippen LogP contribution is -2.67. The van der Waals surface area contributed by atoms with E-state index in [2.05, 4.69) is 14.8 Å². The van der Waals surface area contributed by atoms with E-state index in [0.717, 1.165) is 13.8 Å². The molecule has 0 aliphatic carbocycles. The Labute approximate surface area is 188 Å². The second-order valence-corrected chi connectivity index (χ2v) is 8.18. The fourth-order valence-electron chi connectivity index (χ4n) is 3.13. The average molecular weight is 504 g/mol. The normalized spacial score (nSPS) is 29.4. The molecule has 1 aliphatic rings. The van der Waals surface area contributed by atoms with Crippen molar-refractivity contribution in [3.05, 3.63) is 0 Å². The van der Waals surface area contributed by atoms with Crippen molar-refractivity contribution >= 4 is 28.5 Å². The third kappa shape index (κ3) is 8.49. The second-order valence-electron chi connectivity index (χ2n) is 7.13. The molecule has 0 radical (unpaired) electrons. The molecule has 9 atom stereocenters. The van der Waals surface area contributed by atoms with Crippen LogP contribution in [0.4, 0.5) is 0 Å². The number of hydrogen-bond donors (Lipinski definition) is 8. The van der Waals surface area contributed by atoms with Gasteiger partial charge < -0.3 is 50.4 Å². The smallest absolute Gasteiger partial charge is 0.394 e. The number of aliphatic hydroxyl groups is 5. The molecule has 0 spiro atoms. The number of rotatable bonds is 12. The SMILES string of the molecule is CC(=O)N[C@@H]1[C@H](O[C@@H]([C@H](O)[C@@H](C=O)NC(C)=O)[C@H](O)CO)O[C@H](CO)[C@H](OS(=O)(=O)O)[C@@H]1O. The van der Waals surface area contributed by atoms with Gasteiger partial charge in [0.05, 0.1) is 13.2 Å². The minimum absolute atomic E-state index is 0.126. The molecule has 1 heterocycles. The lowest BCUT2D eigenvalue weighted by atomic mass is 9.96. The van der Waals surface area contributed by atoms with Crippen molar-refractivity contribution in [1.82, 2.24) is 10.6 Å². The summed E-state index contributed by atoms with van der Waals surface area (Å²) in [6.45, 7) is 0.0543. The number of aldehydes is 1. The molecule has 0 aromatic carbocycles. The van der Waals surface area contributed by atoms with Gasteiger partial charge in [-0.2, -0.15) is 8.42 Å². The van der Waals surface area contributed by atoms with E-state index >= 15 is 0 Å². The summed E-state index contributed by atoms with van der Waals surface area (Å²) in [5, 5.41) is 54.2. The highest BCUT2D eigenvalue weighted by atomic mass is 32.3. The first-order valence-electron chi connectivity index (χ1n) is 9.47. The van der Waals surface area contributed by atoms with E-state index in [-0.39, 0.29) is 6.29 Å². The Morgan fingerprint density at radius 2 is 1.79 bits per heavy atom. The quantitative estimate of drug-likeness (QED) is 0.0911. The summed E-state index contributed by atoms with van der Waals surface area (Å²) in [6, 6.07) is -3.28. The van der Waals surface area contributed by atoms with Gasteiger partial charge >= 0.3 is 10.4 Å². The van der Waals surface area contributed by atoms with Gasteiger partial charge in [-0.1, -0.05) is 0 Å². The molecule has 0 saturated carbocycles. The minimum Gasteiger partial charge on any atom is -0.394 e. The van der Waals surface area contributed by atoms with Gasteiger partial charge in [0.15, 0.2) is 6.29 Å². The van der Waals surface area contributed by atoms with Crippen LogP contribution in [0.1, 0.15) is 13.8 Å². The average Bonchev–Trinajstić information content (AvgIpc) is 2.71. The number of amides is 2. The van der Waals surface area contributed by atoms with Crippen molar-refractivity contribution < 1.29 is 66.5 Å². The molecule has 1 saturated heterocycles. The van der Waals surface area contributed by atoms with Crippen LogP contribution in [0.15, 0.2) is 0 Å². The van der Waals surface area contributed by atoms with Gasteiger partial charge in [0.1, 0.15) is 55.0 Å². The van der Waals surface area contributed by atoms with Crippen LogP contribution in [0.2, 0.25) is 0 Å². The summed E-state index contributed by atoms with van der Waals surface area (Å²) >= 11 is 0. The first kappa shape index (κ1) is 29.2. The van der Waals surface area contributed by atoms with Gasteiger partial charge in [0.2, 0.25) is 11.8 Å². The van der Waals surface area contributed by atoms with Crippen LogP contribution < -0.4 is 10.6 Å². The maximum absolute atomic E-state index is 11.6. The third-order valence-corrected chi connectivity index (χ3v) is 5.00. The third-order valence-electron chi connectivity index (χ3n) is 4.53. The first-order chi connectivity index (χ1) is 15.2. The molecule has 0 aromatic heterocycles. The maximum atomic E-state index is 11.6. The van der Waals surface area contributed by atoms with E-state index in [9.17, 15) is 48.3 Å². The predicted octanol–water partition coefficient (Wildman–Crippen LogP) is -5.44. The number of aliphatic hydroxyl groups excluding tert-OH is 5. The Morgan fingerprint density at radius 3 is 2.21 bits per heavy atom. The molecule has 0 bridgehead atoms. The zero-order chi connectivity index (χ0) is 25.5. The Balaban J connectivity index is 3.30. The summed E-state index contributed by atoms with van der Waals surface area (Å²) < 4.78 is 46.2. The van der Waals surface area contributed by atoms with E-state index in [1.807, 2.05) is 0 Å². The Kier molecular flexibility index (Phi) is 11.2. The largest absolute Gasteiger partial charge is 0.397 e. The van der Waals surface area contributed by atoms with E-state index in [1.165, 1.54) is 0 Å². The van der Waals surface area contributed by atoms with Gasteiger partial charge in [0, 0.05) is 13.8 Å². The molecule has 1 rings (SSSR count). The molecule has 33 heavy (non-hydrogen) atoms. The summed E-state index contributed by atoms with van der Waals surface area (Å²) in [6.07, 6.45) is -13.0. The predicted molar refractivity (Wildman–Crippen MR) is 103 cm³/mol. The van der Waals surface area contributed by atoms with E-state index in [4.69, 9.17) is 14.0 Å². The first-order valence-corrected chi connectivity index (χ1v) is 10.8. The van der Waals surface area contributed by atoms with Crippen molar-refractivity contribution in [3.8, 4) is 0 Å². The van der Waals surface area contributed by atoms with Gasteiger partial charge in [-0.05, 0) is 0 Å². The molecular formula is C16H28N2O14S. The zero-order valence-corrected chi connectivity index (χ0v) is 18.4. The number of ether oxygens (including phenoxy) is 2. The molecule has 1 fully saturated rings. The van der Waals surface area contributed by atoms with Crippen LogP contribution >= 0.6 is 0 Å². The highest BCUT2D eigenvalue weighted by Gasteiger charge is 2.50. The van der Waals surface area contributed by atoms with Crippen molar-refractivity contribution in [2.45, 2.75) is 68.8 Å². The van der Waals surface area contributed by atoms with Crippen LogP contribution in [0, 0.1) is 0 Å². The Morgan fingerprint density at radius 1 is 1.18 bits per heavy atom.